The Morgan fingerprint density at radius 1 is 1.58 bits per heavy atom. The fourth-order valence-corrected chi connectivity index (χ4v) is 1.37. The second-order valence-corrected chi connectivity index (χ2v) is 3.25. The first-order valence-corrected chi connectivity index (χ1v) is 4.54. The molecule has 0 aromatic heterocycles. The van der Waals surface area contributed by atoms with Gasteiger partial charge in [0.15, 0.2) is 0 Å². The lowest BCUT2D eigenvalue weighted by Crippen LogP contribution is -1.90. The second kappa shape index (κ2) is 4.03. The van der Waals surface area contributed by atoms with Crippen molar-refractivity contribution in [2.45, 2.75) is 18.2 Å². The minimum atomic E-state index is 0.695. The van der Waals surface area contributed by atoms with Crippen LogP contribution in [0.1, 0.15) is 12.5 Å². The van der Waals surface area contributed by atoms with Gasteiger partial charge < -0.3 is 5.73 Å². The van der Waals surface area contributed by atoms with Crippen LogP contribution in [0.15, 0.2) is 23.1 Å². The van der Waals surface area contributed by atoms with Crippen LogP contribution in [-0.2, 0) is 6.42 Å². The summed E-state index contributed by atoms with van der Waals surface area (Å²) in [5.74, 6) is 0. The number of nitrogen functional groups attached to an aromatic ring is 1. The first-order chi connectivity index (χ1) is 5.77. The normalized spacial score (nSPS) is 9.33. The van der Waals surface area contributed by atoms with Crippen molar-refractivity contribution in [1.82, 2.24) is 0 Å². The molecule has 1 rings (SSSR count). The van der Waals surface area contributed by atoms with E-state index in [-0.39, 0.29) is 0 Å². The van der Waals surface area contributed by atoms with E-state index in [1.807, 2.05) is 23.6 Å². The molecule has 0 aliphatic rings. The number of aryl methyl sites for hydroxylation is 1. The highest BCUT2D eigenvalue weighted by atomic mass is 32.2. The van der Waals surface area contributed by atoms with Crippen molar-refractivity contribution < 1.29 is 0 Å². The summed E-state index contributed by atoms with van der Waals surface area (Å²) in [6.45, 7) is 2.08. The lowest BCUT2D eigenvalue weighted by atomic mass is 10.1. The molecule has 12 heavy (non-hydrogen) atoms. The van der Waals surface area contributed by atoms with Crippen molar-refractivity contribution in [3.8, 4) is 5.40 Å². The molecule has 0 aliphatic heterocycles. The van der Waals surface area contributed by atoms with Crippen molar-refractivity contribution >= 4 is 17.4 Å². The highest BCUT2D eigenvalue weighted by molar-refractivity contribution is 8.03. The number of benzene rings is 1. The summed E-state index contributed by atoms with van der Waals surface area (Å²) in [7, 11) is 0. The van der Waals surface area contributed by atoms with E-state index in [4.69, 9.17) is 11.0 Å². The van der Waals surface area contributed by atoms with Crippen LogP contribution >= 0.6 is 11.8 Å². The minimum absolute atomic E-state index is 0.695. The quantitative estimate of drug-likeness (QED) is 0.430. The van der Waals surface area contributed by atoms with Gasteiger partial charge in [0, 0.05) is 10.6 Å². The van der Waals surface area contributed by atoms with Gasteiger partial charge in [0.05, 0.1) is 0 Å². The van der Waals surface area contributed by atoms with Gasteiger partial charge in [0.2, 0.25) is 0 Å². The Balaban J connectivity index is 2.97. The van der Waals surface area contributed by atoms with Gasteiger partial charge in [0.25, 0.3) is 0 Å². The minimum Gasteiger partial charge on any atom is -0.398 e. The summed E-state index contributed by atoms with van der Waals surface area (Å²) in [5.41, 5.74) is 7.61. The molecule has 2 N–H and O–H groups in total. The fraction of sp³-hybridized carbons (Fsp3) is 0.222. The third-order valence-corrected chi connectivity index (χ3v) is 2.32. The number of hydrogen-bond acceptors (Lipinski definition) is 3. The van der Waals surface area contributed by atoms with Gasteiger partial charge in [-0.05, 0) is 35.9 Å². The molecular weight excluding hydrogens is 168 g/mol. The Morgan fingerprint density at radius 3 is 2.83 bits per heavy atom. The fourth-order valence-electron chi connectivity index (χ4n) is 0.960. The first kappa shape index (κ1) is 8.95. The number of thiocyanates is 1. The molecule has 0 saturated carbocycles. The summed E-state index contributed by atoms with van der Waals surface area (Å²) in [5, 5.41) is 10.4. The zero-order chi connectivity index (χ0) is 8.97. The van der Waals surface area contributed by atoms with Crippen molar-refractivity contribution in [2.24, 2.45) is 0 Å². The van der Waals surface area contributed by atoms with E-state index in [9.17, 15) is 0 Å². The molecule has 0 spiro atoms. The molecule has 0 atom stereocenters. The summed E-state index contributed by atoms with van der Waals surface area (Å²) >= 11 is 1.10. The maximum absolute atomic E-state index is 8.43. The number of thioether (sulfide) groups is 1. The third kappa shape index (κ3) is 1.93. The molecule has 2 nitrogen and oxygen atoms in total. The van der Waals surface area contributed by atoms with Gasteiger partial charge in [-0.3, -0.25) is 0 Å². The highest BCUT2D eigenvalue weighted by Crippen LogP contribution is 2.24. The van der Waals surface area contributed by atoms with Crippen molar-refractivity contribution in [3.63, 3.8) is 0 Å². The number of nitriles is 1. The predicted octanol–water partition coefficient (Wildman–Crippen LogP) is 2.40. The summed E-state index contributed by atoms with van der Waals surface area (Å²) in [6.07, 6.45) is 0.974. The Bertz CT molecular complexity index is 315. The van der Waals surface area contributed by atoms with Crippen LogP contribution in [0.25, 0.3) is 0 Å². The zero-order valence-corrected chi connectivity index (χ0v) is 7.69. The van der Waals surface area contributed by atoms with Crippen LogP contribution in [0.4, 0.5) is 5.69 Å². The summed E-state index contributed by atoms with van der Waals surface area (Å²) < 4.78 is 0. The molecule has 62 valence electrons. The molecule has 0 saturated heterocycles. The van der Waals surface area contributed by atoms with Crippen LogP contribution in [-0.4, -0.2) is 0 Å². The van der Waals surface area contributed by atoms with Gasteiger partial charge in [-0.1, -0.05) is 13.0 Å². The van der Waals surface area contributed by atoms with Gasteiger partial charge in [-0.15, -0.1) is 0 Å². The monoisotopic (exact) mass is 178 g/mol. The lowest BCUT2D eigenvalue weighted by molar-refractivity contribution is 1.13. The molecule has 1 aromatic carbocycles. The van der Waals surface area contributed by atoms with E-state index < -0.39 is 0 Å². The topological polar surface area (TPSA) is 49.8 Å². The molecular formula is C9H10N2S. The van der Waals surface area contributed by atoms with Crippen LogP contribution in [0.2, 0.25) is 0 Å². The Hall–Kier alpha value is -1.14. The van der Waals surface area contributed by atoms with Crippen molar-refractivity contribution in [3.05, 3.63) is 23.8 Å². The van der Waals surface area contributed by atoms with Crippen LogP contribution < -0.4 is 5.73 Å². The molecule has 0 aliphatic carbocycles. The average molecular weight is 178 g/mol. The molecule has 0 unspecified atom stereocenters. The number of rotatable bonds is 2. The van der Waals surface area contributed by atoms with Gasteiger partial charge in [0.1, 0.15) is 5.40 Å². The van der Waals surface area contributed by atoms with Crippen LogP contribution in [0, 0.1) is 10.7 Å². The van der Waals surface area contributed by atoms with Crippen LogP contribution in [0.3, 0.4) is 0 Å². The lowest BCUT2D eigenvalue weighted by Gasteiger charge is -2.02. The Labute approximate surface area is 76.4 Å². The average Bonchev–Trinajstić information content (AvgIpc) is 2.09. The maximum Gasteiger partial charge on any atom is 0.138 e. The number of nitrogens with two attached hydrogens (primary N) is 1. The molecule has 0 fully saturated rings. The standard InChI is InChI=1S/C9H10N2S/c1-2-7-3-4-9(12-6-10)8(11)5-7/h3-5H,2,11H2,1H3. The molecule has 0 amide bonds. The van der Waals surface area contributed by atoms with E-state index in [0.717, 1.165) is 23.1 Å². The summed E-state index contributed by atoms with van der Waals surface area (Å²) in [6, 6.07) is 5.80. The molecule has 0 radical (unpaired) electrons. The van der Waals surface area contributed by atoms with Crippen LogP contribution in [0.5, 0.6) is 0 Å². The molecule has 1 aromatic rings. The smallest absolute Gasteiger partial charge is 0.138 e. The molecule has 3 heteroatoms. The first-order valence-electron chi connectivity index (χ1n) is 3.72. The van der Waals surface area contributed by atoms with E-state index in [0.29, 0.717) is 5.69 Å². The van der Waals surface area contributed by atoms with Gasteiger partial charge >= 0.3 is 0 Å². The summed E-state index contributed by atoms with van der Waals surface area (Å²) in [4.78, 5) is 0.842. The third-order valence-electron chi connectivity index (χ3n) is 1.64. The Kier molecular flexibility index (Phi) is 3.01. The van der Waals surface area contributed by atoms with E-state index in [1.165, 1.54) is 5.56 Å². The molecule has 0 heterocycles. The Morgan fingerprint density at radius 2 is 2.33 bits per heavy atom. The second-order valence-electron chi connectivity index (χ2n) is 2.42. The molecule has 0 bridgehead atoms. The number of anilines is 1. The number of nitrogens with zero attached hydrogens (tertiary/aromatic N) is 1. The van der Waals surface area contributed by atoms with Crippen molar-refractivity contribution in [1.29, 1.82) is 5.26 Å². The van der Waals surface area contributed by atoms with Gasteiger partial charge in [-0.2, -0.15) is 5.26 Å². The van der Waals surface area contributed by atoms with E-state index in [1.54, 1.807) is 0 Å². The highest BCUT2D eigenvalue weighted by Gasteiger charge is 1.99. The predicted molar refractivity (Wildman–Crippen MR) is 51.7 cm³/mol. The van der Waals surface area contributed by atoms with E-state index in [2.05, 4.69) is 6.92 Å². The number of hydrogen-bond donors (Lipinski definition) is 1. The van der Waals surface area contributed by atoms with Gasteiger partial charge in [-0.25, -0.2) is 0 Å². The van der Waals surface area contributed by atoms with E-state index >= 15 is 0 Å². The largest absolute Gasteiger partial charge is 0.398 e. The van der Waals surface area contributed by atoms with Crippen molar-refractivity contribution in [2.75, 3.05) is 5.73 Å². The zero-order valence-electron chi connectivity index (χ0n) is 6.87. The maximum atomic E-state index is 8.43. The SMILES string of the molecule is CCc1ccc(SC#N)c(N)c1.